The van der Waals surface area contributed by atoms with E-state index in [1.165, 1.54) is 96.8 Å². The van der Waals surface area contributed by atoms with Crippen LogP contribution in [0.25, 0.3) is 0 Å². The molecule has 2 aliphatic heterocycles. The third-order valence-corrected chi connectivity index (χ3v) is 6.41. The Kier molecular flexibility index (Phi) is 7.01. The number of hydrogen-bond donors (Lipinski definition) is 2. The van der Waals surface area contributed by atoms with Crippen molar-refractivity contribution in [1.29, 1.82) is 0 Å². The van der Waals surface area contributed by atoms with Crippen LogP contribution in [0.15, 0.2) is 0 Å². The van der Waals surface area contributed by atoms with Crippen LogP contribution in [0, 0.1) is 10.8 Å². The summed E-state index contributed by atoms with van der Waals surface area (Å²) in [6.07, 6.45) is 16.4. The number of rotatable bonds is 0. The van der Waals surface area contributed by atoms with Gasteiger partial charge < -0.3 is 10.6 Å². The normalized spacial score (nSPS) is 28.9. The molecule has 2 N–H and O–H groups in total. The standard InChI is InChI=1S/C9H17N.C8H15N.C2H6/c1-2-4-9(3-1)5-7-10-8-6-9;1-2-8(3-1)4-6-9-7-5-8;1-2/h10H,1-8H2;9H,1-7H2;1-2H3. The summed E-state index contributed by atoms with van der Waals surface area (Å²) < 4.78 is 0. The van der Waals surface area contributed by atoms with Gasteiger partial charge in [0.25, 0.3) is 0 Å². The van der Waals surface area contributed by atoms with Gasteiger partial charge in [0.05, 0.1) is 0 Å². The van der Waals surface area contributed by atoms with Gasteiger partial charge in [-0.1, -0.05) is 33.1 Å². The zero-order chi connectivity index (χ0) is 15.0. The predicted molar refractivity (Wildman–Crippen MR) is 92.7 cm³/mol. The SMILES string of the molecule is C1CC2(C1)CCNCC2.C1CCC2(C1)CCNCC2.CC. The molecule has 0 unspecified atom stereocenters. The highest BCUT2D eigenvalue weighted by Gasteiger charge is 2.37. The van der Waals surface area contributed by atoms with Gasteiger partial charge in [-0.15, -0.1) is 0 Å². The third-order valence-electron chi connectivity index (χ3n) is 6.41. The zero-order valence-electron chi connectivity index (χ0n) is 14.6. The minimum atomic E-state index is 0.811. The molecular formula is C19H38N2. The van der Waals surface area contributed by atoms with E-state index in [9.17, 15) is 0 Å². The van der Waals surface area contributed by atoms with Gasteiger partial charge in [-0.05, 0) is 88.4 Å². The molecule has 0 aromatic rings. The number of piperidine rings is 2. The Balaban J connectivity index is 0.000000138. The average Bonchev–Trinajstić information content (AvgIpc) is 2.98. The first-order valence-corrected chi connectivity index (χ1v) is 9.74. The van der Waals surface area contributed by atoms with Crippen LogP contribution in [0.4, 0.5) is 0 Å². The van der Waals surface area contributed by atoms with Crippen molar-refractivity contribution in [3.63, 3.8) is 0 Å². The maximum atomic E-state index is 3.44. The Hall–Kier alpha value is -0.0800. The summed E-state index contributed by atoms with van der Waals surface area (Å²) in [6, 6.07) is 0. The molecule has 0 atom stereocenters. The molecule has 2 saturated carbocycles. The summed E-state index contributed by atoms with van der Waals surface area (Å²) >= 11 is 0. The van der Waals surface area contributed by atoms with Crippen molar-refractivity contribution in [2.24, 2.45) is 10.8 Å². The zero-order valence-corrected chi connectivity index (χ0v) is 14.6. The fraction of sp³-hybridized carbons (Fsp3) is 1.00. The van der Waals surface area contributed by atoms with Gasteiger partial charge in [-0.2, -0.15) is 0 Å². The molecule has 0 radical (unpaired) electrons. The van der Waals surface area contributed by atoms with Gasteiger partial charge in [-0.3, -0.25) is 0 Å². The molecule has 124 valence electrons. The quantitative estimate of drug-likeness (QED) is 0.687. The second kappa shape index (κ2) is 8.53. The molecule has 0 aromatic heterocycles. The molecule has 4 rings (SSSR count). The van der Waals surface area contributed by atoms with E-state index in [2.05, 4.69) is 10.6 Å². The van der Waals surface area contributed by atoms with Crippen molar-refractivity contribution in [2.75, 3.05) is 26.2 Å². The van der Waals surface area contributed by atoms with Crippen LogP contribution in [-0.4, -0.2) is 26.2 Å². The fourth-order valence-electron chi connectivity index (χ4n) is 4.72. The number of nitrogens with one attached hydrogen (secondary N) is 2. The van der Waals surface area contributed by atoms with Crippen LogP contribution in [0.1, 0.15) is 84.5 Å². The molecule has 4 aliphatic rings. The van der Waals surface area contributed by atoms with Crippen molar-refractivity contribution >= 4 is 0 Å². The lowest BCUT2D eigenvalue weighted by atomic mass is 9.63. The molecule has 4 fully saturated rings. The highest BCUT2D eigenvalue weighted by atomic mass is 14.9. The summed E-state index contributed by atoms with van der Waals surface area (Å²) in [5.41, 5.74) is 1.65. The molecule has 0 bridgehead atoms. The van der Waals surface area contributed by atoms with Crippen LogP contribution in [0.3, 0.4) is 0 Å². The second-order valence-corrected chi connectivity index (χ2v) is 7.56. The van der Waals surface area contributed by atoms with Crippen molar-refractivity contribution < 1.29 is 0 Å². The van der Waals surface area contributed by atoms with Gasteiger partial charge in [0.2, 0.25) is 0 Å². The van der Waals surface area contributed by atoms with Crippen molar-refractivity contribution in [3.8, 4) is 0 Å². The predicted octanol–water partition coefficient (Wildman–Crippen LogP) is 4.50. The molecule has 2 heterocycles. The van der Waals surface area contributed by atoms with E-state index in [1.54, 1.807) is 0 Å². The van der Waals surface area contributed by atoms with Crippen LogP contribution >= 0.6 is 0 Å². The first-order chi connectivity index (χ1) is 10.3. The summed E-state index contributed by atoms with van der Waals surface area (Å²) in [7, 11) is 0. The highest BCUT2D eigenvalue weighted by molar-refractivity contribution is 4.91. The summed E-state index contributed by atoms with van der Waals surface area (Å²) in [5, 5.41) is 6.84. The molecule has 2 aliphatic carbocycles. The van der Waals surface area contributed by atoms with E-state index in [1.807, 2.05) is 13.8 Å². The Morgan fingerprint density at radius 1 is 0.476 bits per heavy atom. The molecule has 21 heavy (non-hydrogen) atoms. The Morgan fingerprint density at radius 3 is 1.10 bits per heavy atom. The maximum absolute atomic E-state index is 3.44. The van der Waals surface area contributed by atoms with Gasteiger partial charge in [0.15, 0.2) is 0 Å². The lowest BCUT2D eigenvalue weighted by Gasteiger charge is -2.45. The molecule has 2 saturated heterocycles. The van der Waals surface area contributed by atoms with Crippen LogP contribution in [-0.2, 0) is 0 Å². The van der Waals surface area contributed by atoms with Crippen LogP contribution < -0.4 is 10.6 Å². The van der Waals surface area contributed by atoms with E-state index < -0.39 is 0 Å². The van der Waals surface area contributed by atoms with E-state index in [-0.39, 0.29) is 0 Å². The van der Waals surface area contributed by atoms with Crippen LogP contribution in [0.2, 0.25) is 0 Å². The van der Waals surface area contributed by atoms with Gasteiger partial charge >= 0.3 is 0 Å². The minimum absolute atomic E-state index is 0.811. The maximum Gasteiger partial charge on any atom is -0.00436 e. The van der Waals surface area contributed by atoms with Crippen LogP contribution in [0.5, 0.6) is 0 Å². The van der Waals surface area contributed by atoms with E-state index in [4.69, 9.17) is 0 Å². The van der Waals surface area contributed by atoms with Gasteiger partial charge in [0, 0.05) is 0 Å². The minimum Gasteiger partial charge on any atom is -0.317 e. The lowest BCUT2D eigenvalue weighted by Crippen LogP contribution is -2.40. The van der Waals surface area contributed by atoms with Crippen molar-refractivity contribution in [1.82, 2.24) is 10.6 Å². The molecule has 2 heteroatoms. The first kappa shape index (κ1) is 17.3. The van der Waals surface area contributed by atoms with Gasteiger partial charge in [-0.25, -0.2) is 0 Å². The smallest absolute Gasteiger partial charge is 0.00436 e. The van der Waals surface area contributed by atoms with E-state index in [0.29, 0.717) is 0 Å². The monoisotopic (exact) mass is 294 g/mol. The molecule has 0 amide bonds. The number of hydrogen-bond acceptors (Lipinski definition) is 2. The summed E-state index contributed by atoms with van der Waals surface area (Å²) in [5.74, 6) is 0. The first-order valence-electron chi connectivity index (χ1n) is 9.74. The van der Waals surface area contributed by atoms with E-state index >= 15 is 0 Å². The van der Waals surface area contributed by atoms with Gasteiger partial charge in [0.1, 0.15) is 0 Å². The Morgan fingerprint density at radius 2 is 0.810 bits per heavy atom. The van der Waals surface area contributed by atoms with Crippen molar-refractivity contribution in [3.05, 3.63) is 0 Å². The highest BCUT2D eigenvalue weighted by Crippen LogP contribution is 2.47. The summed E-state index contributed by atoms with van der Waals surface area (Å²) in [6.45, 7) is 9.11. The third kappa shape index (κ3) is 4.69. The Labute approximate surface area is 132 Å². The topological polar surface area (TPSA) is 24.1 Å². The Bertz CT molecular complexity index is 261. The summed E-state index contributed by atoms with van der Waals surface area (Å²) in [4.78, 5) is 0. The largest absolute Gasteiger partial charge is 0.317 e. The van der Waals surface area contributed by atoms with E-state index in [0.717, 1.165) is 10.8 Å². The van der Waals surface area contributed by atoms with Crippen molar-refractivity contribution in [2.45, 2.75) is 84.5 Å². The molecule has 0 aromatic carbocycles. The molecule has 2 spiro atoms. The molecule has 2 nitrogen and oxygen atoms in total. The lowest BCUT2D eigenvalue weighted by molar-refractivity contribution is 0.0864. The average molecular weight is 295 g/mol. The fourth-order valence-corrected chi connectivity index (χ4v) is 4.72. The second-order valence-electron chi connectivity index (χ2n) is 7.56. The molecular weight excluding hydrogens is 256 g/mol.